The summed E-state index contributed by atoms with van der Waals surface area (Å²) < 4.78 is 5.08. The molecule has 4 aliphatic rings. The predicted molar refractivity (Wildman–Crippen MR) is 145 cm³/mol. The number of carboxylic acids is 2. The van der Waals surface area contributed by atoms with Crippen molar-refractivity contribution in [3.05, 3.63) is 23.8 Å². The van der Waals surface area contributed by atoms with E-state index in [1.54, 1.807) is 12.2 Å². The molecule has 0 aromatic rings. The number of nitrogens with one attached hydrogen (secondary N) is 1. The van der Waals surface area contributed by atoms with Gasteiger partial charge in [0.25, 0.3) is 0 Å². The predicted octanol–water partition coefficient (Wildman–Crippen LogP) is 1.32. The van der Waals surface area contributed by atoms with Gasteiger partial charge in [0.15, 0.2) is 12.4 Å². The third-order valence-corrected chi connectivity index (χ3v) is 10.3. The minimum absolute atomic E-state index is 0.0202. The Hall–Kier alpha value is -3.38. The molecule has 0 aliphatic heterocycles. The van der Waals surface area contributed by atoms with Crippen LogP contribution in [0.5, 0.6) is 0 Å². The average Bonchev–Trinajstić information content (AvgIpc) is 3.19. The highest BCUT2D eigenvalue weighted by Crippen LogP contribution is 2.67. The Morgan fingerprint density at radius 1 is 1.10 bits per heavy atom. The molecule has 230 valence electrons. The third kappa shape index (κ3) is 5.66. The second-order valence-electron chi connectivity index (χ2n) is 12.6. The van der Waals surface area contributed by atoms with Gasteiger partial charge in [-0.15, -0.1) is 0 Å². The van der Waals surface area contributed by atoms with E-state index in [1.807, 2.05) is 19.9 Å². The highest BCUT2D eigenvalue weighted by atomic mass is 16.5. The Morgan fingerprint density at radius 3 is 2.48 bits per heavy atom. The van der Waals surface area contributed by atoms with E-state index in [-0.39, 0.29) is 42.8 Å². The Kier molecular flexibility index (Phi) is 8.80. The van der Waals surface area contributed by atoms with Crippen molar-refractivity contribution in [1.82, 2.24) is 5.32 Å². The molecular weight excluding hydrogens is 550 g/mol. The normalized spacial score (nSPS) is 35.6. The highest BCUT2D eigenvalue weighted by molar-refractivity contribution is 6.01. The summed E-state index contributed by atoms with van der Waals surface area (Å²) in [7, 11) is 0. The molecular formula is C30H39NO11. The van der Waals surface area contributed by atoms with Gasteiger partial charge in [-0.3, -0.25) is 24.0 Å². The van der Waals surface area contributed by atoms with Crippen molar-refractivity contribution >= 4 is 35.4 Å². The summed E-state index contributed by atoms with van der Waals surface area (Å²) in [6.07, 6.45) is 4.91. The maximum Gasteiger partial charge on any atom is 0.326 e. The fourth-order valence-electron chi connectivity index (χ4n) is 8.13. The number of carbonyl (C=O) groups is 6. The number of ether oxygens (including phenoxy) is 1. The molecule has 4 aliphatic carbocycles. The number of aliphatic hydroxyl groups excluding tert-OH is 1. The monoisotopic (exact) mass is 589 g/mol. The molecule has 42 heavy (non-hydrogen) atoms. The van der Waals surface area contributed by atoms with Crippen LogP contribution in [-0.4, -0.2) is 80.2 Å². The van der Waals surface area contributed by atoms with Gasteiger partial charge in [-0.05, 0) is 62.5 Å². The van der Waals surface area contributed by atoms with Gasteiger partial charge in [0.2, 0.25) is 11.7 Å². The first kappa shape index (κ1) is 31.6. The minimum Gasteiger partial charge on any atom is -0.481 e. The molecule has 0 spiro atoms. The zero-order valence-electron chi connectivity index (χ0n) is 23.8. The smallest absolute Gasteiger partial charge is 0.326 e. The van der Waals surface area contributed by atoms with Crippen LogP contribution in [0.1, 0.15) is 71.6 Å². The number of fused-ring (bicyclic) bond motifs is 5. The number of amides is 1. The number of hydrogen-bond donors (Lipinski definition) is 5. The van der Waals surface area contributed by atoms with Crippen LogP contribution in [0.2, 0.25) is 0 Å². The van der Waals surface area contributed by atoms with Gasteiger partial charge in [0, 0.05) is 29.6 Å². The second-order valence-corrected chi connectivity index (χ2v) is 12.6. The van der Waals surface area contributed by atoms with Crippen LogP contribution in [0.3, 0.4) is 0 Å². The van der Waals surface area contributed by atoms with Crippen LogP contribution in [0.4, 0.5) is 0 Å². The summed E-state index contributed by atoms with van der Waals surface area (Å²) in [5.74, 6) is -5.24. The lowest BCUT2D eigenvalue weighted by Gasteiger charge is -2.59. The molecule has 3 saturated carbocycles. The van der Waals surface area contributed by atoms with E-state index in [2.05, 4.69) is 5.32 Å². The molecule has 4 rings (SSSR count). The molecule has 5 N–H and O–H groups in total. The Bertz CT molecular complexity index is 1240. The molecule has 8 atom stereocenters. The highest BCUT2D eigenvalue weighted by Gasteiger charge is 2.68. The number of aliphatic carboxylic acids is 2. The van der Waals surface area contributed by atoms with Crippen LogP contribution in [0, 0.1) is 28.6 Å². The standard InChI is InChI=1S/C30H39NO11/c1-28-11-9-17(32)13-16(28)3-4-18-19-10-12-30(41,29(19,2)14-21(33)26(18)28)22(34)15-42-25(38)8-6-23(35)31-20(27(39)40)5-7-24(36)37/h9,11,13,18-21,26,33,41H,3-8,10,12,14-15H2,1-2H3,(H,31,35)(H,36,37)(H,39,40)/t18-,19-,20+,21+,26+,28-,29-,30-/m0/s1. The molecule has 0 aromatic carbocycles. The Labute approximate surface area is 243 Å². The number of carboxylic acid groups (broad SMARTS) is 2. The summed E-state index contributed by atoms with van der Waals surface area (Å²) in [5, 5.41) is 43.2. The van der Waals surface area contributed by atoms with Crippen LogP contribution in [0.15, 0.2) is 23.8 Å². The zero-order valence-corrected chi connectivity index (χ0v) is 23.8. The second kappa shape index (κ2) is 11.7. The molecule has 0 aromatic heterocycles. The van der Waals surface area contributed by atoms with E-state index in [4.69, 9.17) is 14.9 Å². The van der Waals surface area contributed by atoms with E-state index in [1.165, 1.54) is 0 Å². The summed E-state index contributed by atoms with van der Waals surface area (Å²) >= 11 is 0. The first-order valence-electron chi connectivity index (χ1n) is 14.4. The lowest BCUT2D eigenvalue weighted by Crippen LogP contribution is -2.61. The van der Waals surface area contributed by atoms with E-state index < -0.39 is 84.0 Å². The molecule has 0 bridgehead atoms. The Morgan fingerprint density at radius 2 is 1.81 bits per heavy atom. The van der Waals surface area contributed by atoms with E-state index in [0.29, 0.717) is 12.8 Å². The molecule has 12 heteroatoms. The fraction of sp³-hybridized carbons (Fsp3) is 0.667. The lowest BCUT2D eigenvalue weighted by atomic mass is 9.46. The molecule has 0 radical (unpaired) electrons. The summed E-state index contributed by atoms with van der Waals surface area (Å²) in [6, 6.07) is -1.42. The number of rotatable bonds is 11. The summed E-state index contributed by atoms with van der Waals surface area (Å²) in [6.45, 7) is 3.13. The number of carbonyl (C=O) groups excluding carboxylic acids is 4. The largest absolute Gasteiger partial charge is 0.481 e. The minimum atomic E-state index is -1.82. The van der Waals surface area contributed by atoms with Gasteiger partial charge in [-0.2, -0.15) is 0 Å². The molecule has 0 unspecified atom stereocenters. The van der Waals surface area contributed by atoms with E-state index in [9.17, 15) is 39.0 Å². The van der Waals surface area contributed by atoms with Crippen molar-refractivity contribution < 1.29 is 53.9 Å². The maximum absolute atomic E-state index is 13.4. The van der Waals surface area contributed by atoms with Crippen LogP contribution < -0.4 is 5.32 Å². The first-order chi connectivity index (χ1) is 19.6. The number of Topliss-reactive ketones (excluding diaryl/α,β-unsaturated/α-hetero) is 1. The van der Waals surface area contributed by atoms with Crippen molar-refractivity contribution in [2.45, 2.75) is 89.4 Å². The van der Waals surface area contributed by atoms with Gasteiger partial charge in [-0.25, -0.2) is 4.79 Å². The zero-order chi connectivity index (χ0) is 31.0. The van der Waals surface area contributed by atoms with Crippen molar-refractivity contribution in [3.8, 4) is 0 Å². The van der Waals surface area contributed by atoms with Gasteiger partial charge >= 0.3 is 17.9 Å². The summed E-state index contributed by atoms with van der Waals surface area (Å²) in [5.41, 5.74) is -2.26. The van der Waals surface area contributed by atoms with Crippen LogP contribution >= 0.6 is 0 Å². The molecule has 3 fully saturated rings. The van der Waals surface area contributed by atoms with Gasteiger partial charge in [-0.1, -0.05) is 25.5 Å². The average molecular weight is 590 g/mol. The third-order valence-electron chi connectivity index (χ3n) is 10.3. The number of allylic oxidation sites excluding steroid dienone is 4. The van der Waals surface area contributed by atoms with Gasteiger partial charge in [0.05, 0.1) is 12.5 Å². The van der Waals surface area contributed by atoms with Gasteiger partial charge in [0.1, 0.15) is 11.6 Å². The number of hydrogen-bond acceptors (Lipinski definition) is 9. The van der Waals surface area contributed by atoms with Crippen molar-refractivity contribution in [2.24, 2.45) is 28.6 Å². The quantitative estimate of drug-likeness (QED) is 0.217. The van der Waals surface area contributed by atoms with E-state index >= 15 is 0 Å². The first-order valence-corrected chi connectivity index (χ1v) is 14.4. The molecule has 0 heterocycles. The van der Waals surface area contributed by atoms with Crippen molar-refractivity contribution in [1.29, 1.82) is 0 Å². The lowest BCUT2D eigenvalue weighted by molar-refractivity contribution is -0.181. The van der Waals surface area contributed by atoms with Crippen molar-refractivity contribution in [3.63, 3.8) is 0 Å². The Balaban J connectivity index is 1.35. The fourth-order valence-corrected chi connectivity index (χ4v) is 8.13. The topological polar surface area (TPSA) is 205 Å². The van der Waals surface area contributed by atoms with E-state index in [0.717, 1.165) is 12.0 Å². The number of ketones is 2. The molecule has 12 nitrogen and oxygen atoms in total. The maximum atomic E-state index is 13.4. The molecule has 1 amide bonds. The van der Waals surface area contributed by atoms with Crippen molar-refractivity contribution in [2.75, 3.05) is 6.61 Å². The molecule has 0 saturated heterocycles. The van der Waals surface area contributed by atoms with Gasteiger partial charge < -0.3 is 30.5 Å². The van der Waals surface area contributed by atoms with Crippen LogP contribution in [0.25, 0.3) is 0 Å². The van der Waals surface area contributed by atoms with Crippen LogP contribution in [-0.2, 0) is 33.5 Å². The number of esters is 1. The number of aliphatic hydroxyl groups is 2. The summed E-state index contributed by atoms with van der Waals surface area (Å²) in [4.78, 5) is 71.7. The SMILES string of the molecule is C[C@]12C=CC(=O)C=C1CC[C@@H]1[C@@H]2[C@H](O)C[C@@]2(C)[C@H]1CC[C@]2(O)C(=O)COC(=O)CCC(=O)N[C@H](CCC(=O)O)C(=O)O.